The molecule has 0 spiro atoms. The van der Waals surface area contributed by atoms with Crippen LogP contribution in [0.5, 0.6) is 5.75 Å². The van der Waals surface area contributed by atoms with Gasteiger partial charge in [-0.2, -0.15) is 0 Å². The number of thiazole rings is 1. The number of para-hydroxylation sites is 1. The number of hydrogen-bond donors (Lipinski definition) is 1. The fourth-order valence-electron chi connectivity index (χ4n) is 2.59. The number of anilines is 1. The summed E-state index contributed by atoms with van der Waals surface area (Å²) in [6, 6.07) is 15.8. The zero-order valence-corrected chi connectivity index (χ0v) is 15.8. The Balaban J connectivity index is 1.54. The molecule has 0 aliphatic rings. The number of amides is 1. The van der Waals surface area contributed by atoms with E-state index in [0.717, 1.165) is 34.1 Å². The second kappa shape index (κ2) is 8.63. The third-order valence-corrected chi connectivity index (χ3v) is 4.87. The highest BCUT2D eigenvalue weighted by Crippen LogP contribution is 2.18. The summed E-state index contributed by atoms with van der Waals surface area (Å²) in [5.74, 6) is 0.767. The van der Waals surface area contributed by atoms with Gasteiger partial charge in [0.25, 0.3) is 0 Å². The number of nitrogens with one attached hydrogen (secondary N) is 1. The molecule has 4 nitrogen and oxygen atoms in total. The molecule has 1 N–H and O–H groups in total. The molecular formula is C21H22N2O2S. The summed E-state index contributed by atoms with van der Waals surface area (Å²) in [6.45, 7) is 4.53. The highest BCUT2D eigenvalue weighted by molar-refractivity contribution is 7.09. The SMILES string of the molecule is CCc1ccccc1NC(=O)Cc1csc(COc2ccc(C)cc2)n1. The molecule has 1 amide bonds. The Labute approximate surface area is 157 Å². The van der Waals surface area contributed by atoms with Gasteiger partial charge in [-0.15, -0.1) is 11.3 Å². The number of carbonyl (C=O) groups excluding carboxylic acids is 1. The van der Waals surface area contributed by atoms with Crippen LogP contribution >= 0.6 is 11.3 Å². The van der Waals surface area contributed by atoms with Crippen LogP contribution in [0.4, 0.5) is 5.69 Å². The molecule has 26 heavy (non-hydrogen) atoms. The monoisotopic (exact) mass is 366 g/mol. The van der Waals surface area contributed by atoms with E-state index in [1.807, 2.05) is 60.8 Å². The number of benzene rings is 2. The van der Waals surface area contributed by atoms with Crippen LogP contribution in [0.3, 0.4) is 0 Å². The zero-order chi connectivity index (χ0) is 18.4. The molecule has 0 saturated carbocycles. The van der Waals surface area contributed by atoms with Gasteiger partial charge in [-0.25, -0.2) is 4.98 Å². The van der Waals surface area contributed by atoms with E-state index in [1.54, 1.807) is 0 Å². The summed E-state index contributed by atoms with van der Waals surface area (Å²) >= 11 is 1.51. The minimum Gasteiger partial charge on any atom is -0.486 e. The van der Waals surface area contributed by atoms with Gasteiger partial charge in [-0.1, -0.05) is 42.8 Å². The normalized spacial score (nSPS) is 10.5. The Bertz CT molecular complexity index is 872. The van der Waals surface area contributed by atoms with Crippen LogP contribution in [-0.2, 0) is 24.2 Å². The van der Waals surface area contributed by atoms with E-state index in [9.17, 15) is 4.79 Å². The Morgan fingerprint density at radius 1 is 1.15 bits per heavy atom. The first kappa shape index (κ1) is 18.1. The van der Waals surface area contributed by atoms with E-state index in [0.29, 0.717) is 6.61 Å². The number of ether oxygens (including phenoxy) is 1. The van der Waals surface area contributed by atoms with Crippen molar-refractivity contribution >= 4 is 22.9 Å². The number of aryl methyl sites for hydroxylation is 2. The topological polar surface area (TPSA) is 51.2 Å². The van der Waals surface area contributed by atoms with Gasteiger partial charge in [-0.3, -0.25) is 4.79 Å². The van der Waals surface area contributed by atoms with Crippen LogP contribution < -0.4 is 10.1 Å². The lowest BCUT2D eigenvalue weighted by Gasteiger charge is -2.08. The van der Waals surface area contributed by atoms with Crippen molar-refractivity contribution in [3.63, 3.8) is 0 Å². The van der Waals surface area contributed by atoms with E-state index in [1.165, 1.54) is 16.9 Å². The molecule has 1 heterocycles. The van der Waals surface area contributed by atoms with Crippen molar-refractivity contribution in [2.24, 2.45) is 0 Å². The quantitative estimate of drug-likeness (QED) is 0.655. The third-order valence-electron chi connectivity index (χ3n) is 4.00. The molecule has 5 heteroatoms. The van der Waals surface area contributed by atoms with Crippen LogP contribution in [0.15, 0.2) is 53.9 Å². The maximum absolute atomic E-state index is 12.3. The number of carbonyl (C=O) groups is 1. The maximum Gasteiger partial charge on any atom is 0.230 e. The summed E-state index contributed by atoms with van der Waals surface area (Å²) < 4.78 is 5.74. The Hall–Kier alpha value is -2.66. The summed E-state index contributed by atoms with van der Waals surface area (Å²) in [5.41, 5.74) is 3.97. The summed E-state index contributed by atoms with van der Waals surface area (Å²) in [4.78, 5) is 16.8. The molecule has 0 fully saturated rings. The van der Waals surface area contributed by atoms with Crippen LogP contribution in [0.2, 0.25) is 0 Å². The van der Waals surface area contributed by atoms with Crippen molar-refractivity contribution in [3.8, 4) is 5.75 Å². The lowest BCUT2D eigenvalue weighted by molar-refractivity contribution is -0.115. The minimum atomic E-state index is -0.0535. The lowest BCUT2D eigenvalue weighted by atomic mass is 10.1. The van der Waals surface area contributed by atoms with Crippen molar-refractivity contribution in [3.05, 3.63) is 75.7 Å². The van der Waals surface area contributed by atoms with E-state index < -0.39 is 0 Å². The predicted molar refractivity (Wildman–Crippen MR) is 106 cm³/mol. The van der Waals surface area contributed by atoms with Crippen LogP contribution in [0.1, 0.15) is 28.8 Å². The second-order valence-electron chi connectivity index (χ2n) is 6.07. The fraction of sp³-hybridized carbons (Fsp3) is 0.238. The van der Waals surface area contributed by atoms with Crippen LogP contribution in [0.25, 0.3) is 0 Å². The predicted octanol–water partition coefficient (Wildman–Crippen LogP) is 4.77. The molecule has 0 atom stereocenters. The molecule has 1 aromatic heterocycles. The Morgan fingerprint density at radius 2 is 1.92 bits per heavy atom. The zero-order valence-electron chi connectivity index (χ0n) is 15.0. The second-order valence-corrected chi connectivity index (χ2v) is 7.01. The van der Waals surface area contributed by atoms with Crippen molar-refractivity contribution in [2.75, 3.05) is 5.32 Å². The van der Waals surface area contributed by atoms with Crippen molar-refractivity contribution in [1.29, 1.82) is 0 Å². The van der Waals surface area contributed by atoms with E-state index in [-0.39, 0.29) is 12.3 Å². The summed E-state index contributed by atoms with van der Waals surface area (Å²) in [5, 5.41) is 5.76. The number of aromatic nitrogens is 1. The van der Waals surface area contributed by atoms with E-state index in [2.05, 4.69) is 17.2 Å². The molecule has 0 radical (unpaired) electrons. The number of nitrogens with zero attached hydrogens (tertiary/aromatic N) is 1. The van der Waals surface area contributed by atoms with Gasteiger partial charge >= 0.3 is 0 Å². The first-order valence-corrected chi connectivity index (χ1v) is 9.52. The van der Waals surface area contributed by atoms with E-state index in [4.69, 9.17) is 4.74 Å². The molecule has 0 aliphatic carbocycles. The molecule has 134 valence electrons. The molecule has 3 aromatic rings. The average Bonchev–Trinajstić information content (AvgIpc) is 3.09. The molecule has 3 rings (SSSR count). The van der Waals surface area contributed by atoms with Gasteiger partial charge in [0.2, 0.25) is 5.91 Å². The minimum absolute atomic E-state index is 0.0535. The largest absolute Gasteiger partial charge is 0.486 e. The van der Waals surface area contributed by atoms with Crippen molar-refractivity contribution < 1.29 is 9.53 Å². The molecule has 0 aliphatic heterocycles. The molecule has 2 aromatic carbocycles. The average molecular weight is 366 g/mol. The van der Waals surface area contributed by atoms with Gasteiger partial charge in [0.1, 0.15) is 17.4 Å². The van der Waals surface area contributed by atoms with Crippen LogP contribution in [-0.4, -0.2) is 10.9 Å². The molecule has 0 unspecified atom stereocenters. The van der Waals surface area contributed by atoms with Gasteiger partial charge in [0.05, 0.1) is 12.1 Å². The Morgan fingerprint density at radius 3 is 2.69 bits per heavy atom. The van der Waals surface area contributed by atoms with E-state index >= 15 is 0 Å². The summed E-state index contributed by atoms with van der Waals surface area (Å²) in [6.07, 6.45) is 1.15. The van der Waals surface area contributed by atoms with Crippen molar-refractivity contribution in [2.45, 2.75) is 33.3 Å². The molecular weight excluding hydrogens is 344 g/mol. The maximum atomic E-state index is 12.3. The van der Waals surface area contributed by atoms with Gasteiger partial charge in [0.15, 0.2) is 0 Å². The van der Waals surface area contributed by atoms with Gasteiger partial charge in [-0.05, 0) is 37.1 Å². The van der Waals surface area contributed by atoms with Gasteiger partial charge < -0.3 is 10.1 Å². The number of rotatable bonds is 7. The molecule has 0 bridgehead atoms. The van der Waals surface area contributed by atoms with Gasteiger partial charge in [0, 0.05) is 11.1 Å². The fourth-order valence-corrected chi connectivity index (χ4v) is 3.29. The van der Waals surface area contributed by atoms with Crippen LogP contribution in [0, 0.1) is 6.92 Å². The third kappa shape index (κ3) is 4.92. The standard InChI is InChI=1S/C21H22N2O2S/c1-3-16-6-4-5-7-19(16)23-20(24)12-17-14-26-21(22-17)13-25-18-10-8-15(2)9-11-18/h4-11,14H,3,12-13H2,1-2H3,(H,23,24). The number of hydrogen-bond acceptors (Lipinski definition) is 4. The first-order chi connectivity index (χ1) is 12.6. The lowest BCUT2D eigenvalue weighted by Crippen LogP contribution is -2.15. The highest BCUT2D eigenvalue weighted by Gasteiger charge is 2.10. The molecule has 0 saturated heterocycles. The summed E-state index contributed by atoms with van der Waals surface area (Å²) in [7, 11) is 0. The highest BCUT2D eigenvalue weighted by atomic mass is 32.1. The van der Waals surface area contributed by atoms with Crippen molar-refractivity contribution in [1.82, 2.24) is 4.98 Å². The first-order valence-electron chi connectivity index (χ1n) is 8.64. The smallest absolute Gasteiger partial charge is 0.230 e. The Kier molecular flexibility index (Phi) is 6.02.